The van der Waals surface area contributed by atoms with E-state index >= 15 is 0 Å². The lowest BCUT2D eigenvalue weighted by molar-refractivity contribution is 0.0919. The number of pyridine rings is 1. The molecule has 0 unspecified atom stereocenters. The van der Waals surface area contributed by atoms with E-state index < -0.39 is 0 Å². The van der Waals surface area contributed by atoms with Crippen LogP contribution < -0.4 is 10.1 Å². The standard InChI is InChI=1S/C14H19ClN2O3/c1-14(2,3)17-12(18)9-6-11(15)13(16-7-9)20-10-4-5-19-8-10/h6-7,10H,4-5,8H2,1-3H3,(H,17,18)/t10-/m1/s1. The minimum absolute atomic E-state index is 0.0192. The van der Waals surface area contributed by atoms with Crippen molar-refractivity contribution in [3.63, 3.8) is 0 Å². The third-order valence-corrected chi connectivity index (χ3v) is 3.00. The van der Waals surface area contributed by atoms with Crippen molar-refractivity contribution in [2.24, 2.45) is 0 Å². The zero-order chi connectivity index (χ0) is 14.8. The summed E-state index contributed by atoms with van der Waals surface area (Å²) in [5.41, 5.74) is 0.111. The van der Waals surface area contributed by atoms with Crippen molar-refractivity contribution in [1.82, 2.24) is 10.3 Å². The summed E-state index contributed by atoms with van der Waals surface area (Å²) in [5.74, 6) is 0.136. The highest BCUT2D eigenvalue weighted by Gasteiger charge is 2.21. The molecule has 0 bridgehead atoms. The Kier molecular flexibility index (Phi) is 4.50. The van der Waals surface area contributed by atoms with E-state index in [-0.39, 0.29) is 17.6 Å². The van der Waals surface area contributed by atoms with Gasteiger partial charge in [-0.3, -0.25) is 4.79 Å². The number of amides is 1. The van der Waals surface area contributed by atoms with Gasteiger partial charge >= 0.3 is 0 Å². The fourth-order valence-electron chi connectivity index (χ4n) is 1.81. The maximum atomic E-state index is 12.0. The van der Waals surface area contributed by atoms with Crippen LogP contribution in [0.1, 0.15) is 37.6 Å². The summed E-state index contributed by atoms with van der Waals surface area (Å²) in [5, 5.41) is 3.19. The van der Waals surface area contributed by atoms with Crippen LogP contribution >= 0.6 is 11.6 Å². The SMILES string of the molecule is CC(C)(C)NC(=O)c1cnc(O[C@@H]2CCOC2)c(Cl)c1. The van der Waals surface area contributed by atoms with Crippen molar-refractivity contribution in [3.05, 3.63) is 22.8 Å². The highest BCUT2D eigenvalue weighted by molar-refractivity contribution is 6.32. The summed E-state index contributed by atoms with van der Waals surface area (Å²) in [6.45, 7) is 6.98. The minimum atomic E-state index is -0.306. The van der Waals surface area contributed by atoms with Gasteiger partial charge in [0, 0.05) is 18.2 Å². The van der Waals surface area contributed by atoms with E-state index in [1.807, 2.05) is 20.8 Å². The van der Waals surface area contributed by atoms with Crippen LogP contribution in [0.15, 0.2) is 12.3 Å². The topological polar surface area (TPSA) is 60.5 Å². The van der Waals surface area contributed by atoms with Gasteiger partial charge in [0.15, 0.2) is 0 Å². The maximum Gasteiger partial charge on any atom is 0.253 e. The molecule has 110 valence electrons. The van der Waals surface area contributed by atoms with E-state index in [4.69, 9.17) is 21.1 Å². The molecule has 1 aliphatic rings. The zero-order valence-electron chi connectivity index (χ0n) is 11.9. The molecule has 1 aromatic heterocycles. The van der Waals surface area contributed by atoms with Gasteiger partial charge in [0.05, 0.1) is 18.8 Å². The first-order valence-electron chi connectivity index (χ1n) is 6.57. The van der Waals surface area contributed by atoms with Gasteiger partial charge in [-0.05, 0) is 26.8 Å². The van der Waals surface area contributed by atoms with E-state index in [0.717, 1.165) is 6.42 Å². The Hall–Kier alpha value is -1.33. The molecule has 20 heavy (non-hydrogen) atoms. The van der Waals surface area contributed by atoms with E-state index in [9.17, 15) is 4.79 Å². The normalized spacial score (nSPS) is 18.9. The number of rotatable bonds is 3. The van der Waals surface area contributed by atoms with Gasteiger partial charge in [0.1, 0.15) is 11.1 Å². The van der Waals surface area contributed by atoms with Crippen LogP contribution in [0.5, 0.6) is 5.88 Å². The molecule has 1 saturated heterocycles. The van der Waals surface area contributed by atoms with Crippen LogP contribution in [0.2, 0.25) is 5.02 Å². The fraction of sp³-hybridized carbons (Fsp3) is 0.571. The Bertz CT molecular complexity index is 494. The molecular weight excluding hydrogens is 280 g/mol. The molecule has 0 aliphatic carbocycles. The fourth-order valence-corrected chi connectivity index (χ4v) is 2.02. The number of hydrogen-bond acceptors (Lipinski definition) is 4. The molecule has 1 N–H and O–H groups in total. The van der Waals surface area contributed by atoms with E-state index in [1.165, 1.54) is 6.20 Å². The number of carbonyl (C=O) groups is 1. The monoisotopic (exact) mass is 298 g/mol. The molecule has 0 aromatic carbocycles. The molecular formula is C14H19ClN2O3. The summed E-state index contributed by atoms with van der Waals surface area (Å²) in [6, 6.07) is 1.57. The van der Waals surface area contributed by atoms with Crippen molar-refractivity contribution in [2.45, 2.75) is 38.8 Å². The van der Waals surface area contributed by atoms with Crippen molar-refractivity contribution in [1.29, 1.82) is 0 Å². The van der Waals surface area contributed by atoms with Crippen LogP contribution in [0.25, 0.3) is 0 Å². The average molecular weight is 299 g/mol. The van der Waals surface area contributed by atoms with Gasteiger partial charge < -0.3 is 14.8 Å². The summed E-state index contributed by atoms with van der Waals surface area (Å²) in [7, 11) is 0. The average Bonchev–Trinajstić information content (AvgIpc) is 2.82. The van der Waals surface area contributed by atoms with Crippen LogP contribution in [0, 0.1) is 0 Å². The lowest BCUT2D eigenvalue weighted by Crippen LogP contribution is -2.40. The molecule has 1 aromatic rings. The lowest BCUT2D eigenvalue weighted by atomic mass is 10.1. The number of carbonyl (C=O) groups excluding carboxylic acids is 1. The molecule has 0 spiro atoms. The largest absolute Gasteiger partial charge is 0.471 e. The first kappa shape index (κ1) is 15.1. The quantitative estimate of drug-likeness (QED) is 0.931. The molecule has 1 aliphatic heterocycles. The molecule has 1 fully saturated rings. The number of nitrogens with zero attached hydrogens (tertiary/aromatic N) is 1. The highest BCUT2D eigenvalue weighted by atomic mass is 35.5. The van der Waals surface area contributed by atoms with E-state index in [0.29, 0.717) is 29.7 Å². The second kappa shape index (κ2) is 5.97. The third-order valence-electron chi connectivity index (χ3n) is 2.72. The number of hydrogen-bond donors (Lipinski definition) is 1. The Morgan fingerprint density at radius 3 is 2.85 bits per heavy atom. The summed E-state index contributed by atoms with van der Waals surface area (Å²) in [6.07, 6.45) is 2.27. The molecule has 0 radical (unpaired) electrons. The van der Waals surface area contributed by atoms with Crippen molar-refractivity contribution < 1.29 is 14.3 Å². The Labute approximate surface area is 123 Å². The van der Waals surface area contributed by atoms with Gasteiger partial charge in [-0.15, -0.1) is 0 Å². The van der Waals surface area contributed by atoms with Crippen LogP contribution in [-0.2, 0) is 4.74 Å². The van der Waals surface area contributed by atoms with Crippen LogP contribution in [0.3, 0.4) is 0 Å². The predicted molar refractivity (Wildman–Crippen MR) is 76.3 cm³/mol. The summed E-state index contributed by atoms with van der Waals surface area (Å²) < 4.78 is 10.9. The van der Waals surface area contributed by atoms with Crippen molar-refractivity contribution >= 4 is 17.5 Å². The van der Waals surface area contributed by atoms with E-state index in [2.05, 4.69) is 10.3 Å². The minimum Gasteiger partial charge on any atom is -0.471 e. The van der Waals surface area contributed by atoms with Gasteiger partial charge in [-0.25, -0.2) is 4.98 Å². The number of aromatic nitrogens is 1. The van der Waals surface area contributed by atoms with Gasteiger partial charge in [0.25, 0.3) is 5.91 Å². The number of halogens is 1. The smallest absolute Gasteiger partial charge is 0.253 e. The Morgan fingerprint density at radius 2 is 2.30 bits per heavy atom. The Balaban J connectivity index is 2.06. The maximum absolute atomic E-state index is 12.0. The molecule has 5 nitrogen and oxygen atoms in total. The first-order valence-corrected chi connectivity index (χ1v) is 6.95. The Morgan fingerprint density at radius 1 is 1.55 bits per heavy atom. The van der Waals surface area contributed by atoms with Crippen LogP contribution in [-0.4, -0.2) is 35.7 Å². The highest BCUT2D eigenvalue weighted by Crippen LogP contribution is 2.25. The van der Waals surface area contributed by atoms with Crippen LogP contribution in [0.4, 0.5) is 0 Å². The predicted octanol–water partition coefficient (Wildman–Crippen LogP) is 2.43. The molecule has 2 heterocycles. The van der Waals surface area contributed by atoms with Gasteiger partial charge in [-0.2, -0.15) is 0 Å². The molecule has 0 saturated carbocycles. The third kappa shape index (κ3) is 4.08. The molecule has 1 amide bonds. The van der Waals surface area contributed by atoms with Gasteiger partial charge in [-0.1, -0.05) is 11.6 Å². The number of ether oxygens (including phenoxy) is 2. The molecule has 6 heteroatoms. The molecule has 1 atom stereocenters. The van der Waals surface area contributed by atoms with Crippen molar-refractivity contribution in [3.8, 4) is 5.88 Å². The van der Waals surface area contributed by atoms with Crippen molar-refractivity contribution in [2.75, 3.05) is 13.2 Å². The zero-order valence-corrected chi connectivity index (χ0v) is 12.7. The second-order valence-electron chi connectivity index (χ2n) is 5.82. The number of nitrogens with one attached hydrogen (secondary N) is 1. The van der Waals surface area contributed by atoms with Gasteiger partial charge in [0.2, 0.25) is 5.88 Å². The first-order chi connectivity index (χ1) is 9.35. The molecule has 2 rings (SSSR count). The second-order valence-corrected chi connectivity index (χ2v) is 6.23. The summed E-state index contributed by atoms with van der Waals surface area (Å²) >= 11 is 6.11. The summed E-state index contributed by atoms with van der Waals surface area (Å²) in [4.78, 5) is 16.1. The van der Waals surface area contributed by atoms with E-state index in [1.54, 1.807) is 6.07 Å². The lowest BCUT2D eigenvalue weighted by Gasteiger charge is -2.20.